The molecule has 0 aliphatic heterocycles. The molecule has 4 rings (SSSR count). The molecule has 1 N–H and O–H groups in total. The van der Waals surface area contributed by atoms with Crippen molar-refractivity contribution in [3.63, 3.8) is 0 Å². The lowest BCUT2D eigenvalue weighted by atomic mass is 10.1. The SMILES string of the molecule is Cn1ccc(Cn2c(=O)[nH]c3ncc(-c4ccc(F)c(Cl)c4)cc32)n1. The minimum atomic E-state index is -0.479. The summed E-state index contributed by atoms with van der Waals surface area (Å²) >= 11 is 5.86. The van der Waals surface area contributed by atoms with Gasteiger partial charge >= 0.3 is 5.69 Å². The van der Waals surface area contributed by atoms with Gasteiger partial charge in [-0.15, -0.1) is 0 Å². The maximum absolute atomic E-state index is 13.4. The van der Waals surface area contributed by atoms with Crippen molar-refractivity contribution in [1.29, 1.82) is 0 Å². The third-order valence-corrected chi connectivity index (χ3v) is 4.26. The number of halogens is 2. The van der Waals surface area contributed by atoms with Gasteiger partial charge in [0.2, 0.25) is 0 Å². The Balaban J connectivity index is 1.82. The van der Waals surface area contributed by atoms with Crippen molar-refractivity contribution in [2.75, 3.05) is 0 Å². The maximum atomic E-state index is 13.4. The fourth-order valence-corrected chi connectivity index (χ4v) is 2.91. The maximum Gasteiger partial charge on any atom is 0.328 e. The Hall–Kier alpha value is -2.93. The van der Waals surface area contributed by atoms with Crippen LogP contribution in [0.3, 0.4) is 0 Å². The molecule has 8 heteroatoms. The predicted octanol–water partition coefficient (Wildman–Crippen LogP) is 2.97. The van der Waals surface area contributed by atoms with Gasteiger partial charge in [0, 0.05) is 25.0 Å². The number of aromatic nitrogens is 5. The van der Waals surface area contributed by atoms with E-state index in [1.165, 1.54) is 12.1 Å². The minimum absolute atomic E-state index is 0.0394. The van der Waals surface area contributed by atoms with Gasteiger partial charge in [0.05, 0.1) is 22.8 Å². The van der Waals surface area contributed by atoms with E-state index < -0.39 is 5.82 Å². The summed E-state index contributed by atoms with van der Waals surface area (Å²) < 4.78 is 16.6. The molecule has 0 atom stereocenters. The Labute approximate surface area is 146 Å². The smallest absolute Gasteiger partial charge is 0.290 e. The molecule has 0 radical (unpaired) electrons. The molecule has 0 aliphatic carbocycles. The second-order valence-corrected chi connectivity index (χ2v) is 6.12. The first-order chi connectivity index (χ1) is 12.0. The minimum Gasteiger partial charge on any atom is -0.290 e. The van der Waals surface area contributed by atoms with Gasteiger partial charge in [-0.1, -0.05) is 17.7 Å². The van der Waals surface area contributed by atoms with Crippen LogP contribution in [-0.4, -0.2) is 24.3 Å². The van der Waals surface area contributed by atoms with E-state index in [2.05, 4.69) is 15.1 Å². The van der Waals surface area contributed by atoms with Crippen LogP contribution in [0.25, 0.3) is 22.3 Å². The Morgan fingerprint density at radius 2 is 2.08 bits per heavy atom. The first kappa shape index (κ1) is 15.6. The van der Waals surface area contributed by atoms with Crippen LogP contribution in [-0.2, 0) is 13.6 Å². The van der Waals surface area contributed by atoms with E-state index in [-0.39, 0.29) is 10.7 Å². The van der Waals surface area contributed by atoms with Crippen molar-refractivity contribution < 1.29 is 4.39 Å². The lowest BCUT2D eigenvalue weighted by Crippen LogP contribution is -2.17. The van der Waals surface area contributed by atoms with Crippen LogP contribution in [0.1, 0.15) is 5.69 Å². The number of hydrogen-bond acceptors (Lipinski definition) is 3. The van der Waals surface area contributed by atoms with Crippen LogP contribution in [0.15, 0.2) is 47.5 Å². The number of pyridine rings is 1. The Morgan fingerprint density at radius 1 is 1.24 bits per heavy atom. The van der Waals surface area contributed by atoms with Crippen molar-refractivity contribution in [3.05, 3.63) is 69.7 Å². The summed E-state index contributed by atoms with van der Waals surface area (Å²) in [4.78, 5) is 19.3. The topological polar surface area (TPSA) is 68.5 Å². The zero-order chi connectivity index (χ0) is 17.6. The van der Waals surface area contributed by atoms with Crippen LogP contribution in [0, 0.1) is 5.82 Å². The third kappa shape index (κ3) is 2.83. The number of rotatable bonds is 3. The summed E-state index contributed by atoms with van der Waals surface area (Å²) in [5, 5.41) is 4.34. The van der Waals surface area contributed by atoms with E-state index >= 15 is 0 Å². The molecule has 0 fully saturated rings. The van der Waals surface area contributed by atoms with Gasteiger partial charge in [-0.05, 0) is 29.8 Å². The van der Waals surface area contributed by atoms with Gasteiger partial charge in [-0.2, -0.15) is 5.10 Å². The van der Waals surface area contributed by atoms with Crippen molar-refractivity contribution in [2.24, 2.45) is 7.05 Å². The van der Waals surface area contributed by atoms with E-state index in [4.69, 9.17) is 11.6 Å². The quantitative estimate of drug-likeness (QED) is 0.613. The van der Waals surface area contributed by atoms with Gasteiger partial charge in [-0.3, -0.25) is 14.2 Å². The van der Waals surface area contributed by atoms with Gasteiger partial charge in [0.15, 0.2) is 5.65 Å². The molecule has 0 aliphatic rings. The second kappa shape index (κ2) is 5.86. The number of imidazole rings is 1. The number of nitrogens with zero attached hydrogens (tertiary/aromatic N) is 4. The number of hydrogen-bond donors (Lipinski definition) is 1. The largest absolute Gasteiger partial charge is 0.328 e. The number of aryl methyl sites for hydroxylation is 1. The molecule has 6 nitrogen and oxygen atoms in total. The Kier molecular flexibility index (Phi) is 3.65. The summed E-state index contributed by atoms with van der Waals surface area (Å²) in [5.74, 6) is -0.479. The average Bonchev–Trinajstić information content (AvgIpc) is 3.13. The fraction of sp³-hybridized carbons (Fsp3) is 0.118. The van der Waals surface area contributed by atoms with E-state index in [0.717, 1.165) is 16.8 Å². The first-order valence-electron chi connectivity index (χ1n) is 7.54. The lowest BCUT2D eigenvalue weighted by Gasteiger charge is -2.05. The second-order valence-electron chi connectivity index (χ2n) is 5.72. The summed E-state index contributed by atoms with van der Waals surface area (Å²) in [6.45, 7) is 0.328. The van der Waals surface area contributed by atoms with Crippen LogP contribution in [0.2, 0.25) is 5.02 Å². The lowest BCUT2D eigenvalue weighted by molar-refractivity contribution is 0.628. The number of H-pyrrole nitrogens is 1. The number of fused-ring (bicyclic) bond motifs is 1. The van der Waals surface area contributed by atoms with E-state index in [9.17, 15) is 9.18 Å². The third-order valence-electron chi connectivity index (χ3n) is 3.97. The van der Waals surface area contributed by atoms with E-state index in [0.29, 0.717) is 17.7 Å². The molecule has 0 bridgehead atoms. The molecule has 0 saturated carbocycles. The van der Waals surface area contributed by atoms with Crippen LogP contribution in [0.4, 0.5) is 4.39 Å². The molecule has 4 aromatic rings. The summed E-state index contributed by atoms with van der Waals surface area (Å²) in [5.41, 5.74) is 3.09. The molecule has 0 unspecified atom stereocenters. The molecular weight excluding hydrogens is 345 g/mol. The molecular formula is C17H13ClFN5O. The molecule has 0 spiro atoms. The van der Waals surface area contributed by atoms with Crippen LogP contribution < -0.4 is 5.69 Å². The van der Waals surface area contributed by atoms with Gasteiger partial charge in [-0.25, -0.2) is 14.2 Å². The van der Waals surface area contributed by atoms with Gasteiger partial charge in [0.25, 0.3) is 0 Å². The molecule has 25 heavy (non-hydrogen) atoms. The fourth-order valence-electron chi connectivity index (χ4n) is 2.73. The van der Waals surface area contributed by atoms with E-state index in [1.54, 1.807) is 21.5 Å². The predicted molar refractivity (Wildman–Crippen MR) is 93.1 cm³/mol. The zero-order valence-corrected chi connectivity index (χ0v) is 14.0. The standard InChI is InChI=1S/C17H13ClFN5O/c1-23-5-4-12(22-23)9-24-15-7-11(8-20-16(15)21-17(24)25)10-2-3-14(19)13(18)6-10/h2-8H,9H2,1H3,(H,20,21,25). The molecule has 126 valence electrons. The highest BCUT2D eigenvalue weighted by atomic mass is 35.5. The van der Waals surface area contributed by atoms with Crippen molar-refractivity contribution in [3.8, 4) is 11.1 Å². The van der Waals surface area contributed by atoms with Crippen LogP contribution >= 0.6 is 11.6 Å². The van der Waals surface area contributed by atoms with Crippen molar-refractivity contribution in [2.45, 2.75) is 6.54 Å². The number of aromatic amines is 1. The normalized spacial score (nSPS) is 11.3. The average molecular weight is 358 g/mol. The zero-order valence-electron chi connectivity index (χ0n) is 13.2. The Bertz CT molecular complexity index is 1140. The van der Waals surface area contributed by atoms with Gasteiger partial charge in [0.1, 0.15) is 5.82 Å². The summed E-state index contributed by atoms with van der Waals surface area (Å²) in [7, 11) is 1.82. The molecule has 3 aromatic heterocycles. The monoisotopic (exact) mass is 357 g/mol. The number of benzene rings is 1. The molecule has 3 heterocycles. The van der Waals surface area contributed by atoms with Gasteiger partial charge < -0.3 is 0 Å². The number of nitrogens with one attached hydrogen (secondary N) is 1. The van der Waals surface area contributed by atoms with Crippen LogP contribution in [0.5, 0.6) is 0 Å². The first-order valence-corrected chi connectivity index (χ1v) is 7.91. The highest BCUT2D eigenvalue weighted by Crippen LogP contribution is 2.26. The van der Waals surface area contributed by atoms with Crippen molar-refractivity contribution in [1.82, 2.24) is 24.3 Å². The summed E-state index contributed by atoms with van der Waals surface area (Å²) in [6.07, 6.45) is 3.44. The highest BCUT2D eigenvalue weighted by Gasteiger charge is 2.12. The summed E-state index contributed by atoms with van der Waals surface area (Å²) in [6, 6.07) is 8.14. The van der Waals surface area contributed by atoms with E-state index in [1.807, 2.05) is 25.4 Å². The highest BCUT2D eigenvalue weighted by molar-refractivity contribution is 6.31. The van der Waals surface area contributed by atoms with Crippen molar-refractivity contribution >= 4 is 22.8 Å². The molecule has 0 amide bonds. The molecule has 1 aromatic carbocycles. The Morgan fingerprint density at radius 3 is 2.80 bits per heavy atom. The molecule has 0 saturated heterocycles.